The fourth-order valence-corrected chi connectivity index (χ4v) is 3.09. The highest BCUT2D eigenvalue weighted by atomic mass is 35.5. The van der Waals surface area contributed by atoms with E-state index in [0.717, 1.165) is 30.8 Å². The van der Waals surface area contributed by atoms with Crippen LogP contribution >= 0.6 is 24.2 Å². The highest BCUT2D eigenvalue weighted by Crippen LogP contribution is 2.20. The summed E-state index contributed by atoms with van der Waals surface area (Å²) in [5.74, 6) is 1.83. The second-order valence-corrected chi connectivity index (χ2v) is 6.25. The van der Waals surface area contributed by atoms with Crippen LogP contribution in [0.1, 0.15) is 12.1 Å². The number of rotatable bonds is 6. The number of carbonyl (C=O) groups excluding carboxylic acids is 1. The third-order valence-corrected chi connectivity index (χ3v) is 4.45. The van der Waals surface area contributed by atoms with Crippen LogP contribution in [0.2, 0.25) is 0 Å². The molecule has 1 fully saturated rings. The van der Waals surface area contributed by atoms with Gasteiger partial charge in [0.15, 0.2) is 0 Å². The van der Waals surface area contributed by atoms with Gasteiger partial charge in [0.1, 0.15) is 6.26 Å². The third-order valence-electron chi connectivity index (χ3n) is 3.48. The summed E-state index contributed by atoms with van der Waals surface area (Å²) in [6.45, 7) is 1.86. The number of aromatic nitrogens is 1. The normalized spacial score (nSPS) is 16.8. The Hall–Kier alpha value is -1.50. The van der Waals surface area contributed by atoms with Gasteiger partial charge in [-0.05, 0) is 25.1 Å². The molecule has 7 heteroatoms. The van der Waals surface area contributed by atoms with E-state index in [-0.39, 0.29) is 24.4 Å². The van der Waals surface area contributed by atoms with Crippen molar-refractivity contribution in [2.24, 2.45) is 0 Å². The monoisotopic (exact) mass is 353 g/mol. The van der Waals surface area contributed by atoms with Crippen LogP contribution in [0.25, 0.3) is 11.5 Å². The number of nitrogens with one attached hydrogen (secondary N) is 2. The van der Waals surface area contributed by atoms with Gasteiger partial charge in [-0.15, -0.1) is 24.2 Å². The highest BCUT2D eigenvalue weighted by Gasteiger charge is 2.16. The Morgan fingerprint density at radius 3 is 2.96 bits per heavy atom. The topological polar surface area (TPSA) is 67.2 Å². The second kappa shape index (κ2) is 8.96. The number of oxazole rings is 1. The van der Waals surface area contributed by atoms with E-state index in [0.29, 0.717) is 17.4 Å². The Balaban J connectivity index is 0.00000192. The first-order chi connectivity index (χ1) is 10.8. The van der Waals surface area contributed by atoms with E-state index in [4.69, 9.17) is 4.42 Å². The van der Waals surface area contributed by atoms with Gasteiger partial charge in [0.2, 0.25) is 11.8 Å². The summed E-state index contributed by atoms with van der Waals surface area (Å²) in [6.07, 6.45) is 2.67. The van der Waals surface area contributed by atoms with Crippen LogP contribution in [-0.4, -0.2) is 35.8 Å². The molecule has 1 unspecified atom stereocenters. The lowest BCUT2D eigenvalue weighted by molar-refractivity contribution is -0.119. The molecule has 1 atom stereocenters. The number of hydrogen-bond acceptors (Lipinski definition) is 5. The number of hydrogen-bond donors (Lipinski definition) is 2. The molecule has 0 saturated carbocycles. The molecule has 0 bridgehead atoms. The lowest BCUT2D eigenvalue weighted by Gasteiger charge is -2.10. The van der Waals surface area contributed by atoms with Crippen molar-refractivity contribution >= 4 is 30.1 Å². The molecule has 5 nitrogen and oxygen atoms in total. The van der Waals surface area contributed by atoms with Crippen LogP contribution in [0.5, 0.6) is 0 Å². The number of amides is 1. The maximum Gasteiger partial charge on any atom is 0.230 e. The minimum absolute atomic E-state index is 0. The Labute approximate surface area is 146 Å². The minimum Gasteiger partial charge on any atom is -0.444 e. The summed E-state index contributed by atoms with van der Waals surface area (Å²) in [6, 6.07) is 10.1. The van der Waals surface area contributed by atoms with E-state index in [1.165, 1.54) is 0 Å². The van der Waals surface area contributed by atoms with Crippen molar-refractivity contribution in [1.82, 2.24) is 15.6 Å². The van der Waals surface area contributed by atoms with E-state index < -0.39 is 0 Å². The molecule has 2 heterocycles. The van der Waals surface area contributed by atoms with Crippen molar-refractivity contribution < 1.29 is 9.21 Å². The summed E-state index contributed by atoms with van der Waals surface area (Å²) in [5, 5.41) is 6.26. The van der Waals surface area contributed by atoms with Crippen LogP contribution in [0.3, 0.4) is 0 Å². The number of thioether (sulfide) groups is 1. The molecule has 1 amide bonds. The fourth-order valence-electron chi connectivity index (χ4n) is 2.38. The lowest BCUT2D eigenvalue weighted by Crippen LogP contribution is -2.37. The smallest absolute Gasteiger partial charge is 0.230 e. The van der Waals surface area contributed by atoms with E-state index >= 15 is 0 Å². The molecular formula is C16H20ClN3O2S. The van der Waals surface area contributed by atoms with Gasteiger partial charge in [-0.3, -0.25) is 4.79 Å². The summed E-state index contributed by atoms with van der Waals surface area (Å²) in [7, 11) is 0. The number of benzene rings is 1. The first-order valence-corrected chi connectivity index (χ1v) is 8.54. The first kappa shape index (κ1) is 17.8. The van der Waals surface area contributed by atoms with Crippen molar-refractivity contribution in [2.75, 3.05) is 18.8 Å². The summed E-state index contributed by atoms with van der Waals surface area (Å²) in [5.41, 5.74) is 1.82. The average molecular weight is 354 g/mol. The van der Waals surface area contributed by atoms with E-state index in [1.54, 1.807) is 18.0 Å². The SMILES string of the molecule is Cl.O=C(CSCc1coc(-c2ccccc2)n1)NC1CCNC1. The first-order valence-electron chi connectivity index (χ1n) is 7.39. The molecule has 3 rings (SSSR count). The molecule has 1 aromatic carbocycles. The summed E-state index contributed by atoms with van der Waals surface area (Å²) < 4.78 is 5.48. The maximum absolute atomic E-state index is 11.8. The van der Waals surface area contributed by atoms with Crippen molar-refractivity contribution in [3.05, 3.63) is 42.3 Å². The standard InChI is InChI=1S/C16H19N3O2S.ClH/c20-15(18-13-6-7-17-8-13)11-22-10-14-9-21-16(19-14)12-4-2-1-3-5-12;/h1-5,9,13,17H,6-8,10-11H2,(H,18,20);1H. The number of nitrogens with zero attached hydrogens (tertiary/aromatic N) is 1. The fraction of sp³-hybridized carbons (Fsp3) is 0.375. The van der Waals surface area contributed by atoms with Crippen molar-refractivity contribution in [1.29, 1.82) is 0 Å². The molecule has 23 heavy (non-hydrogen) atoms. The van der Waals surface area contributed by atoms with Gasteiger partial charge in [-0.2, -0.15) is 0 Å². The van der Waals surface area contributed by atoms with Gasteiger partial charge in [0, 0.05) is 23.9 Å². The Morgan fingerprint density at radius 1 is 1.39 bits per heavy atom. The highest BCUT2D eigenvalue weighted by molar-refractivity contribution is 7.99. The molecule has 1 aromatic heterocycles. The zero-order valence-corrected chi connectivity index (χ0v) is 14.3. The summed E-state index contributed by atoms with van der Waals surface area (Å²) >= 11 is 1.55. The van der Waals surface area contributed by atoms with E-state index in [1.807, 2.05) is 30.3 Å². The Bertz CT molecular complexity index is 615. The van der Waals surface area contributed by atoms with Crippen LogP contribution in [0.4, 0.5) is 0 Å². The maximum atomic E-state index is 11.8. The zero-order chi connectivity index (χ0) is 15.2. The van der Waals surface area contributed by atoms with Gasteiger partial charge < -0.3 is 15.1 Å². The predicted molar refractivity (Wildman–Crippen MR) is 94.8 cm³/mol. The summed E-state index contributed by atoms with van der Waals surface area (Å²) in [4.78, 5) is 16.3. The van der Waals surface area contributed by atoms with E-state index in [9.17, 15) is 4.79 Å². The van der Waals surface area contributed by atoms with Crippen LogP contribution in [0.15, 0.2) is 41.0 Å². The quantitative estimate of drug-likeness (QED) is 0.835. The van der Waals surface area contributed by atoms with Gasteiger partial charge in [-0.1, -0.05) is 18.2 Å². The minimum atomic E-state index is 0. The van der Waals surface area contributed by atoms with Crippen LogP contribution < -0.4 is 10.6 Å². The van der Waals surface area contributed by atoms with Gasteiger partial charge in [0.05, 0.1) is 11.4 Å². The Morgan fingerprint density at radius 2 is 2.22 bits per heavy atom. The molecule has 0 radical (unpaired) electrons. The average Bonchev–Trinajstić information content (AvgIpc) is 3.20. The molecule has 0 spiro atoms. The molecule has 1 aliphatic rings. The number of halogens is 1. The lowest BCUT2D eigenvalue weighted by atomic mass is 10.2. The molecule has 0 aliphatic carbocycles. The van der Waals surface area contributed by atoms with Gasteiger partial charge in [-0.25, -0.2) is 4.98 Å². The zero-order valence-electron chi connectivity index (χ0n) is 12.7. The third kappa shape index (κ3) is 5.27. The van der Waals surface area contributed by atoms with Crippen LogP contribution in [-0.2, 0) is 10.5 Å². The van der Waals surface area contributed by atoms with Crippen molar-refractivity contribution in [3.8, 4) is 11.5 Å². The van der Waals surface area contributed by atoms with Crippen LogP contribution in [0, 0.1) is 0 Å². The second-order valence-electron chi connectivity index (χ2n) is 5.26. The van der Waals surface area contributed by atoms with Crippen molar-refractivity contribution in [2.45, 2.75) is 18.2 Å². The Kier molecular flexibility index (Phi) is 6.95. The molecular weight excluding hydrogens is 334 g/mol. The molecule has 1 saturated heterocycles. The molecule has 2 N–H and O–H groups in total. The molecule has 124 valence electrons. The van der Waals surface area contributed by atoms with Gasteiger partial charge >= 0.3 is 0 Å². The van der Waals surface area contributed by atoms with Gasteiger partial charge in [0.25, 0.3) is 0 Å². The van der Waals surface area contributed by atoms with Crippen molar-refractivity contribution in [3.63, 3.8) is 0 Å². The predicted octanol–water partition coefficient (Wildman–Crippen LogP) is 2.47. The number of carbonyl (C=O) groups is 1. The van der Waals surface area contributed by atoms with E-state index in [2.05, 4.69) is 15.6 Å². The molecule has 1 aliphatic heterocycles. The largest absolute Gasteiger partial charge is 0.444 e. The molecule has 2 aromatic rings.